The number of allylic oxidation sites excluding steroid dienone is 1. The average molecular weight is 396 g/mol. The van der Waals surface area contributed by atoms with Crippen LogP contribution in [0.25, 0.3) is 22.6 Å². The molecule has 1 N–H and O–H groups in total. The number of aromatic nitrogens is 2. The summed E-state index contributed by atoms with van der Waals surface area (Å²) in [6.45, 7) is 5.25. The van der Waals surface area contributed by atoms with Crippen molar-refractivity contribution in [1.29, 1.82) is 0 Å². The number of pyridine rings is 1. The summed E-state index contributed by atoms with van der Waals surface area (Å²) in [6, 6.07) is 8.17. The van der Waals surface area contributed by atoms with Gasteiger partial charge in [0.1, 0.15) is 11.6 Å². The van der Waals surface area contributed by atoms with E-state index in [0.717, 1.165) is 28.9 Å². The standard InChI is InChI=1S/C18H14N2O4S.C3H6/c21-14-7-10(16-19-11-3-1-2-4-13(11)24-16)15(9-5-6-9)17-20(14)12(8-25-17)18(22)23;1-3-2/h1-4,7,9,12H,5-6,8H2,(H,22,23);3H,1H2,2H3. The first-order chi connectivity index (χ1) is 13.5. The van der Waals surface area contributed by atoms with Gasteiger partial charge in [0.05, 0.1) is 5.03 Å². The number of para-hydroxylation sites is 2. The number of hydrogen-bond donors (Lipinski definition) is 1. The molecule has 6 nitrogen and oxygen atoms in total. The minimum atomic E-state index is -0.968. The third kappa shape index (κ3) is 3.16. The van der Waals surface area contributed by atoms with E-state index in [1.54, 1.807) is 6.08 Å². The molecule has 1 fully saturated rings. The lowest BCUT2D eigenvalue weighted by atomic mass is 10.1. The number of thioether (sulfide) groups is 1. The Kier molecular flexibility index (Phi) is 4.85. The van der Waals surface area contributed by atoms with E-state index in [9.17, 15) is 14.7 Å². The number of carboxylic acid groups (broad SMARTS) is 1. The van der Waals surface area contributed by atoms with Crippen LogP contribution in [0.5, 0.6) is 0 Å². The van der Waals surface area contributed by atoms with E-state index >= 15 is 0 Å². The van der Waals surface area contributed by atoms with Crippen molar-refractivity contribution in [2.75, 3.05) is 5.75 Å². The molecule has 2 aliphatic rings. The van der Waals surface area contributed by atoms with Crippen molar-refractivity contribution in [3.05, 3.63) is 58.9 Å². The van der Waals surface area contributed by atoms with Crippen LogP contribution in [0.4, 0.5) is 0 Å². The van der Waals surface area contributed by atoms with Gasteiger partial charge in [-0.1, -0.05) is 18.2 Å². The summed E-state index contributed by atoms with van der Waals surface area (Å²) in [5.41, 5.74) is 2.83. The lowest BCUT2D eigenvalue weighted by molar-refractivity contribution is -0.140. The van der Waals surface area contributed by atoms with Gasteiger partial charge in [-0.25, -0.2) is 9.78 Å². The number of carboxylic acids is 1. The van der Waals surface area contributed by atoms with Gasteiger partial charge in [-0.05, 0) is 43.4 Å². The number of hydrogen-bond acceptors (Lipinski definition) is 5. The molecule has 144 valence electrons. The maximum atomic E-state index is 12.6. The molecule has 1 unspecified atom stereocenters. The molecule has 0 amide bonds. The van der Waals surface area contributed by atoms with Crippen LogP contribution >= 0.6 is 11.8 Å². The molecule has 7 heteroatoms. The fourth-order valence-corrected chi connectivity index (χ4v) is 4.80. The van der Waals surface area contributed by atoms with Gasteiger partial charge in [0, 0.05) is 17.4 Å². The Labute approximate surface area is 165 Å². The molecular weight excluding hydrogens is 376 g/mol. The molecule has 1 aromatic carbocycles. The van der Waals surface area contributed by atoms with Gasteiger partial charge in [0.15, 0.2) is 5.58 Å². The molecule has 2 aromatic heterocycles. The monoisotopic (exact) mass is 396 g/mol. The molecule has 3 aromatic rings. The molecule has 1 atom stereocenters. The predicted molar refractivity (Wildman–Crippen MR) is 109 cm³/mol. The Morgan fingerprint density at radius 2 is 2.11 bits per heavy atom. The molecule has 1 aliphatic heterocycles. The fraction of sp³-hybridized carbons (Fsp3) is 0.286. The Morgan fingerprint density at radius 1 is 1.39 bits per heavy atom. The summed E-state index contributed by atoms with van der Waals surface area (Å²) < 4.78 is 7.30. The van der Waals surface area contributed by atoms with Gasteiger partial charge < -0.3 is 9.52 Å². The fourth-order valence-electron chi connectivity index (χ4n) is 3.40. The minimum absolute atomic E-state index is 0.311. The van der Waals surface area contributed by atoms with Crippen LogP contribution in [-0.2, 0) is 4.79 Å². The molecular formula is C21H20N2O4S. The highest BCUT2D eigenvalue weighted by Crippen LogP contribution is 2.50. The molecule has 0 spiro atoms. The van der Waals surface area contributed by atoms with Gasteiger partial charge in [0.25, 0.3) is 5.56 Å². The summed E-state index contributed by atoms with van der Waals surface area (Å²) >= 11 is 1.44. The molecule has 1 saturated carbocycles. The lowest BCUT2D eigenvalue weighted by Crippen LogP contribution is -2.29. The Morgan fingerprint density at radius 3 is 2.75 bits per heavy atom. The first-order valence-corrected chi connectivity index (χ1v) is 10.1. The van der Waals surface area contributed by atoms with Crippen molar-refractivity contribution in [3.63, 3.8) is 0 Å². The van der Waals surface area contributed by atoms with E-state index in [2.05, 4.69) is 11.6 Å². The lowest BCUT2D eigenvalue weighted by Gasteiger charge is -2.14. The van der Waals surface area contributed by atoms with Crippen molar-refractivity contribution in [1.82, 2.24) is 9.55 Å². The number of rotatable bonds is 3. The zero-order chi connectivity index (χ0) is 19.8. The van der Waals surface area contributed by atoms with Crippen LogP contribution in [0.2, 0.25) is 0 Å². The Hall–Kier alpha value is -2.80. The number of oxazole rings is 1. The Bertz CT molecular complexity index is 1090. The van der Waals surface area contributed by atoms with Gasteiger partial charge in [-0.3, -0.25) is 9.36 Å². The van der Waals surface area contributed by atoms with Crippen molar-refractivity contribution >= 4 is 28.8 Å². The third-order valence-corrected chi connectivity index (χ3v) is 5.90. The number of carbonyl (C=O) groups is 1. The molecule has 5 rings (SSSR count). The second-order valence-electron chi connectivity index (χ2n) is 6.82. The van der Waals surface area contributed by atoms with Crippen LogP contribution in [0, 0.1) is 0 Å². The van der Waals surface area contributed by atoms with Crippen molar-refractivity contribution in [2.45, 2.75) is 36.8 Å². The van der Waals surface area contributed by atoms with E-state index in [0.29, 0.717) is 28.7 Å². The summed E-state index contributed by atoms with van der Waals surface area (Å²) in [6.07, 6.45) is 3.83. The second kappa shape index (κ2) is 7.31. The quantitative estimate of drug-likeness (QED) is 0.658. The van der Waals surface area contributed by atoms with E-state index in [1.165, 1.54) is 22.4 Å². The molecule has 0 radical (unpaired) electrons. The van der Waals surface area contributed by atoms with Gasteiger partial charge in [0.2, 0.25) is 5.89 Å². The van der Waals surface area contributed by atoms with Crippen LogP contribution < -0.4 is 5.56 Å². The smallest absolute Gasteiger partial charge is 0.327 e. The summed E-state index contributed by atoms with van der Waals surface area (Å²) in [5, 5.41) is 10.2. The van der Waals surface area contributed by atoms with E-state index < -0.39 is 12.0 Å². The van der Waals surface area contributed by atoms with Crippen LogP contribution in [0.15, 0.2) is 57.2 Å². The molecule has 0 saturated heterocycles. The Balaban J connectivity index is 0.000000604. The van der Waals surface area contributed by atoms with Gasteiger partial charge in [-0.2, -0.15) is 0 Å². The van der Waals surface area contributed by atoms with Crippen LogP contribution in [0.1, 0.15) is 37.3 Å². The zero-order valence-corrected chi connectivity index (χ0v) is 16.2. The summed E-state index contributed by atoms with van der Waals surface area (Å²) in [4.78, 5) is 28.7. The minimum Gasteiger partial charge on any atom is -0.480 e. The van der Waals surface area contributed by atoms with Crippen molar-refractivity contribution in [3.8, 4) is 11.5 Å². The summed E-state index contributed by atoms with van der Waals surface area (Å²) in [7, 11) is 0. The first-order valence-electron chi connectivity index (χ1n) is 9.13. The highest BCUT2D eigenvalue weighted by molar-refractivity contribution is 7.99. The highest BCUT2D eigenvalue weighted by Gasteiger charge is 2.38. The SMILES string of the molecule is C=CC.O=C(O)C1CSc2c(C3CC3)c(-c3nc4ccccc4o3)cc(=O)n21. The zero-order valence-electron chi connectivity index (χ0n) is 15.4. The van der Waals surface area contributed by atoms with Crippen molar-refractivity contribution < 1.29 is 14.3 Å². The molecule has 3 heterocycles. The highest BCUT2D eigenvalue weighted by atomic mass is 32.2. The van der Waals surface area contributed by atoms with E-state index in [4.69, 9.17) is 4.42 Å². The van der Waals surface area contributed by atoms with Gasteiger partial charge >= 0.3 is 5.97 Å². The predicted octanol–water partition coefficient (Wildman–Crippen LogP) is 4.46. The summed E-state index contributed by atoms with van der Waals surface area (Å²) in [5.74, 6) is 0.181. The maximum absolute atomic E-state index is 12.6. The third-order valence-electron chi connectivity index (χ3n) is 4.73. The first kappa shape index (κ1) is 18.6. The van der Waals surface area contributed by atoms with Crippen molar-refractivity contribution in [2.24, 2.45) is 0 Å². The molecule has 0 bridgehead atoms. The largest absolute Gasteiger partial charge is 0.480 e. The number of fused-ring (bicyclic) bond motifs is 2. The van der Waals surface area contributed by atoms with Crippen LogP contribution in [0.3, 0.4) is 0 Å². The number of aliphatic carboxylic acids is 1. The number of benzene rings is 1. The van der Waals surface area contributed by atoms with E-state index in [-0.39, 0.29) is 5.56 Å². The maximum Gasteiger partial charge on any atom is 0.327 e. The normalized spacial score (nSPS) is 17.7. The second-order valence-corrected chi connectivity index (χ2v) is 7.83. The molecule has 1 aliphatic carbocycles. The molecule has 28 heavy (non-hydrogen) atoms. The topological polar surface area (TPSA) is 85.3 Å². The van der Waals surface area contributed by atoms with E-state index in [1.807, 2.05) is 31.2 Å². The average Bonchev–Trinajstić information content (AvgIpc) is 3.24. The van der Waals surface area contributed by atoms with Gasteiger partial charge in [-0.15, -0.1) is 18.3 Å². The number of nitrogens with zero attached hydrogens (tertiary/aromatic N) is 2. The van der Waals surface area contributed by atoms with Crippen LogP contribution in [-0.4, -0.2) is 26.4 Å².